The van der Waals surface area contributed by atoms with Crippen LogP contribution >= 0.6 is 0 Å². The van der Waals surface area contributed by atoms with Crippen LogP contribution < -0.4 is 5.32 Å². The Balaban J connectivity index is 1.99. The van der Waals surface area contributed by atoms with Gasteiger partial charge < -0.3 is 15.3 Å². The van der Waals surface area contributed by atoms with Gasteiger partial charge in [-0.05, 0) is 12.8 Å². The molecule has 2 rings (SSSR count). The van der Waals surface area contributed by atoms with Gasteiger partial charge in [-0.3, -0.25) is 0 Å². The number of aromatic nitrogens is 2. The predicted molar refractivity (Wildman–Crippen MR) is 80.8 cm³/mol. The number of carboxylic acid groups (broad SMARTS) is 1. The summed E-state index contributed by atoms with van der Waals surface area (Å²) in [5.41, 5.74) is -1.48. The van der Waals surface area contributed by atoms with Gasteiger partial charge in [-0.1, -0.05) is 19.3 Å². The van der Waals surface area contributed by atoms with E-state index in [4.69, 9.17) is 5.11 Å². The molecular formula is C15H20F2N4O3. The molecule has 0 saturated carbocycles. The van der Waals surface area contributed by atoms with Gasteiger partial charge in [0.1, 0.15) is 17.1 Å². The number of urea groups is 1. The Bertz CT molecular complexity index is 590. The Labute approximate surface area is 138 Å². The molecule has 9 heteroatoms. The molecule has 132 valence electrons. The highest BCUT2D eigenvalue weighted by molar-refractivity contribution is 5.88. The molecular weight excluding hydrogens is 322 g/mol. The number of halogens is 2. The number of amides is 2. The Morgan fingerprint density at radius 2 is 1.83 bits per heavy atom. The van der Waals surface area contributed by atoms with Gasteiger partial charge in [0.25, 0.3) is 6.43 Å². The van der Waals surface area contributed by atoms with E-state index in [9.17, 15) is 18.4 Å². The molecule has 2 amide bonds. The number of nitrogens with zero attached hydrogens (tertiary/aromatic N) is 3. The van der Waals surface area contributed by atoms with Gasteiger partial charge in [-0.25, -0.2) is 28.3 Å². The van der Waals surface area contributed by atoms with Gasteiger partial charge in [-0.2, -0.15) is 0 Å². The normalized spacial score (nSPS) is 15.7. The fourth-order valence-corrected chi connectivity index (χ4v) is 2.57. The van der Waals surface area contributed by atoms with Crippen molar-refractivity contribution in [3.8, 4) is 0 Å². The van der Waals surface area contributed by atoms with E-state index in [1.54, 1.807) is 4.90 Å². The molecule has 1 aliphatic heterocycles. The van der Waals surface area contributed by atoms with Crippen molar-refractivity contribution in [2.24, 2.45) is 0 Å². The summed E-state index contributed by atoms with van der Waals surface area (Å²) < 4.78 is 25.8. The molecule has 0 aliphatic carbocycles. The maximum Gasteiger partial charge on any atom is 0.339 e. The van der Waals surface area contributed by atoms with Gasteiger partial charge in [0.05, 0.1) is 6.54 Å². The number of likely N-dealkylation sites (tertiary alicyclic amines) is 1. The monoisotopic (exact) mass is 342 g/mol. The second-order valence-corrected chi connectivity index (χ2v) is 5.60. The minimum Gasteiger partial charge on any atom is -0.478 e. The molecule has 1 saturated heterocycles. The van der Waals surface area contributed by atoms with E-state index in [1.807, 2.05) is 0 Å². The number of aromatic carboxylic acids is 1. The summed E-state index contributed by atoms with van der Waals surface area (Å²) in [5.74, 6) is -1.56. The largest absolute Gasteiger partial charge is 0.478 e. The summed E-state index contributed by atoms with van der Waals surface area (Å²) in [5, 5.41) is 11.5. The number of carboxylic acids is 1. The Morgan fingerprint density at radius 1 is 1.21 bits per heavy atom. The van der Waals surface area contributed by atoms with Gasteiger partial charge in [0, 0.05) is 19.3 Å². The highest BCUT2D eigenvalue weighted by Crippen LogP contribution is 2.20. The van der Waals surface area contributed by atoms with Crippen LogP contribution in [0.3, 0.4) is 0 Å². The van der Waals surface area contributed by atoms with Crippen LogP contribution in [0, 0.1) is 0 Å². The van der Waals surface area contributed by atoms with Crippen molar-refractivity contribution in [3.63, 3.8) is 0 Å². The lowest BCUT2D eigenvalue weighted by Crippen LogP contribution is -2.41. The minimum absolute atomic E-state index is 0.0457. The van der Waals surface area contributed by atoms with Gasteiger partial charge >= 0.3 is 12.0 Å². The van der Waals surface area contributed by atoms with Crippen LogP contribution in [0.1, 0.15) is 60.4 Å². The van der Waals surface area contributed by atoms with Crippen LogP contribution in [0.25, 0.3) is 0 Å². The average Bonchev–Trinajstić information content (AvgIpc) is 2.51. The smallest absolute Gasteiger partial charge is 0.339 e. The second-order valence-electron chi connectivity index (χ2n) is 5.60. The minimum atomic E-state index is -3.03. The van der Waals surface area contributed by atoms with Crippen molar-refractivity contribution in [2.45, 2.75) is 45.1 Å². The highest BCUT2D eigenvalue weighted by Gasteiger charge is 2.21. The van der Waals surface area contributed by atoms with Crippen molar-refractivity contribution >= 4 is 12.0 Å². The summed E-state index contributed by atoms with van der Waals surface area (Å²) in [6.45, 7) is 1.19. The molecule has 0 radical (unpaired) electrons. The molecule has 7 nitrogen and oxygen atoms in total. The van der Waals surface area contributed by atoms with Crippen LogP contribution in [0.5, 0.6) is 0 Å². The summed E-state index contributed by atoms with van der Waals surface area (Å²) >= 11 is 0. The van der Waals surface area contributed by atoms with Crippen molar-refractivity contribution in [2.75, 3.05) is 13.1 Å². The van der Waals surface area contributed by atoms with Crippen LogP contribution in [-0.2, 0) is 6.54 Å². The first-order valence-corrected chi connectivity index (χ1v) is 7.89. The van der Waals surface area contributed by atoms with Gasteiger partial charge in [-0.15, -0.1) is 0 Å². The Morgan fingerprint density at radius 3 is 2.42 bits per heavy atom. The maximum absolute atomic E-state index is 12.9. The maximum atomic E-state index is 12.9. The number of alkyl halides is 2. The van der Waals surface area contributed by atoms with Crippen LogP contribution in [0.15, 0.2) is 6.20 Å². The first-order valence-electron chi connectivity index (χ1n) is 7.89. The second kappa shape index (κ2) is 8.51. The summed E-state index contributed by atoms with van der Waals surface area (Å²) in [6, 6.07) is -0.290. The van der Waals surface area contributed by atoms with E-state index < -0.39 is 23.7 Å². The average molecular weight is 342 g/mol. The molecule has 1 aromatic rings. The third-order valence-electron chi connectivity index (χ3n) is 3.85. The van der Waals surface area contributed by atoms with Crippen LogP contribution in [0.4, 0.5) is 13.6 Å². The zero-order valence-corrected chi connectivity index (χ0v) is 13.2. The lowest BCUT2D eigenvalue weighted by Gasteiger charge is -2.24. The van der Waals surface area contributed by atoms with Crippen molar-refractivity contribution < 1.29 is 23.5 Å². The molecule has 0 aromatic carbocycles. The van der Waals surface area contributed by atoms with E-state index in [0.29, 0.717) is 13.1 Å². The van der Waals surface area contributed by atoms with E-state index in [0.717, 1.165) is 31.9 Å². The molecule has 0 atom stereocenters. The Hall–Kier alpha value is -2.32. The lowest BCUT2D eigenvalue weighted by atomic mass is 10.1. The predicted octanol–water partition coefficient (Wildman–Crippen LogP) is 2.59. The SMILES string of the molecule is O=C(O)c1cnc(CNC(=O)N2CCCCCCC2)nc1C(F)F. The number of hydrogen-bond acceptors (Lipinski definition) is 4. The summed E-state index contributed by atoms with van der Waals surface area (Å²) in [6.07, 6.45) is 3.04. The number of nitrogens with one attached hydrogen (secondary N) is 1. The molecule has 0 spiro atoms. The number of carbonyl (C=O) groups is 2. The number of rotatable bonds is 4. The first-order chi connectivity index (χ1) is 11.5. The fraction of sp³-hybridized carbons (Fsp3) is 0.600. The van der Waals surface area contributed by atoms with E-state index in [2.05, 4.69) is 15.3 Å². The topological polar surface area (TPSA) is 95.4 Å². The molecule has 2 N–H and O–H groups in total. The molecule has 1 fully saturated rings. The summed E-state index contributed by atoms with van der Waals surface area (Å²) in [4.78, 5) is 32.0. The van der Waals surface area contributed by atoms with E-state index in [-0.39, 0.29) is 18.4 Å². The quantitative estimate of drug-likeness (QED) is 0.877. The number of hydrogen-bond donors (Lipinski definition) is 2. The van der Waals surface area contributed by atoms with E-state index >= 15 is 0 Å². The third-order valence-corrected chi connectivity index (χ3v) is 3.85. The standard InChI is InChI=1S/C15H20F2N4O3/c16-13(17)12-10(14(22)23)8-18-11(20-12)9-19-15(24)21-6-4-2-1-3-5-7-21/h8,13H,1-7,9H2,(H,19,24)(H,22,23). The molecule has 1 aliphatic rings. The van der Waals surface area contributed by atoms with Crippen molar-refractivity contribution in [1.29, 1.82) is 0 Å². The molecule has 24 heavy (non-hydrogen) atoms. The van der Waals surface area contributed by atoms with Gasteiger partial charge in [0.2, 0.25) is 0 Å². The van der Waals surface area contributed by atoms with Gasteiger partial charge in [0.15, 0.2) is 0 Å². The van der Waals surface area contributed by atoms with Crippen molar-refractivity contribution in [1.82, 2.24) is 20.2 Å². The highest BCUT2D eigenvalue weighted by atomic mass is 19.3. The lowest BCUT2D eigenvalue weighted by molar-refractivity contribution is 0.0681. The molecule has 0 bridgehead atoms. The Kier molecular flexibility index (Phi) is 6.39. The molecule has 2 heterocycles. The molecule has 0 unspecified atom stereocenters. The van der Waals surface area contributed by atoms with Crippen LogP contribution in [0.2, 0.25) is 0 Å². The first kappa shape index (κ1) is 18.0. The fourth-order valence-electron chi connectivity index (χ4n) is 2.57. The zero-order chi connectivity index (χ0) is 17.5. The summed E-state index contributed by atoms with van der Waals surface area (Å²) in [7, 11) is 0. The third kappa shape index (κ3) is 4.84. The van der Waals surface area contributed by atoms with Crippen LogP contribution in [-0.4, -0.2) is 45.1 Å². The molecule has 1 aromatic heterocycles. The zero-order valence-electron chi connectivity index (χ0n) is 13.2. The number of carbonyl (C=O) groups excluding carboxylic acids is 1. The van der Waals surface area contributed by atoms with Crippen molar-refractivity contribution in [3.05, 3.63) is 23.3 Å². The van der Waals surface area contributed by atoms with E-state index in [1.165, 1.54) is 6.42 Å².